The average molecular weight is 249 g/mol. The minimum Gasteiger partial charge on any atom is -0.377 e. The lowest BCUT2D eigenvalue weighted by molar-refractivity contribution is -0.117. The predicted octanol–water partition coefficient (Wildman–Crippen LogP) is 2.13. The molecule has 1 atom stereocenters. The van der Waals surface area contributed by atoms with Crippen LogP contribution in [0.2, 0.25) is 0 Å². The summed E-state index contributed by atoms with van der Waals surface area (Å²) in [6.07, 6.45) is 1.61. The second-order valence-corrected chi connectivity index (χ2v) is 4.78. The zero-order valence-electron chi connectivity index (χ0n) is 11.7. The number of nitrogens with one attached hydrogen (secondary N) is 1. The topological polar surface area (TPSA) is 58.4 Å². The number of aryl methyl sites for hydroxylation is 1. The molecule has 0 saturated carbocycles. The number of hydrogen-bond acceptors (Lipinski definition) is 3. The Hall–Kier alpha value is -1.55. The molecule has 1 aromatic carbocycles. The van der Waals surface area contributed by atoms with E-state index in [4.69, 9.17) is 5.73 Å². The molecule has 0 aliphatic heterocycles. The number of benzene rings is 1. The minimum atomic E-state index is -0.431. The lowest BCUT2D eigenvalue weighted by atomic mass is 10.1. The normalized spacial score (nSPS) is 12.1. The quantitative estimate of drug-likeness (QED) is 0.840. The van der Waals surface area contributed by atoms with Crippen LogP contribution in [0.15, 0.2) is 18.2 Å². The molecule has 100 valence electrons. The van der Waals surface area contributed by atoms with Gasteiger partial charge in [-0.15, -0.1) is 0 Å². The number of carbonyl (C=O) groups is 1. The van der Waals surface area contributed by atoms with E-state index in [1.54, 1.807) is 0 Å². The highest BCUT2D eigenvalue weighted by molar-refractivity contribution is 5.95. The zero-order chi connectivity index (χ0) is 13.7. The van der Waals surface area contributed by atoms with Crippen LogP contribution < -0.4 is 16.0 Å². The van der Waals surface area contributed by atoms with Crippen molar-refractivity contribution in [1.29, 1.82) is 0 Å². The van der Waals surface area contributed by atoms with Gasteiger partial charge in [-0.25, -0.2) is 0 Å². The van der Waals surface area contributed by atoms with Gasteiger partial charge in [0.1, 0.15) is 0 Å². The number of hydrogen-bond donors (Lipinski definition) is 2. The van der Waals surface area contributed by atoms with Crippen LogP contribution in [-0.4, -0.2) is 26.0 Å². The first-order valence-corrected chi connectivity index (χ1v) is 6.30. The summed E-state index contributed by atoms with van der Waals surface area (Å²) < 4.78 is 0. The van der Waals surface area contributed by atoms with Gasteiger partial charge in [-0.05, 0) is 31.0 Å². The first-order chi connectivity index (χ1) is 8.45. The van der Waals surface area contributed by atoms with Crippen molar-refractivity contribution < 1.29 is 4.79 Å². The van der Waals surface area contributed by atoms with E-state index in [0.717, 1.165) is 17.8 Å². The largest absolute Gasteiger partial charge is 0.377 e. The first-order valence-electron chi connectivity index (χ1n) is 6.30. The summed E-state index contributed by atoms with van der Waals surface area (Å²) in [5.41, 5.74) is 8.84. The van der Waals surface area contributed by atoms with E-state index in [-0.39, 0.29) is 5.91 Å². The monoisotopic (exact) mass is 249 g/mol. The van der Waals surface area contributed by atoms with Crippen LogP contribution in [0.1, 0.15) is 25.3 Å². The molecule has 1 rings (SSSR count). The molecule has 0 unspecified atom stereocenters. The van der Waals surface area contributed by atoms with E-state index in [0.29, 0.717) is 6.42 Å². The molecular formula is C14H23N3O. The lowest BCUT2D eigenvalue weighted by Crippen LogP contribution is -2.35. The molecular weight excluding hydrogens is 226 g/mol. The SMILES string of the molecule is CCC[C@@H](N)C(=O)Nc1ccc(C)c(N(C)C)c1. The van der Waals surface area contributed by atoms with E-state index < -0.39 is 6.04 Å². The Morgan fingerprint density at radius 1 is 1.44 bits per heavy atom. The standard InChI is InChI=1S/C14H23N3O/c1-5-6-12(15)14(18)16-11-8-7-10(2)13(9-11)17(3)4/h7-9,12H,5-6,15H2,1-4H3,(H,16,18)/t12-/m1/s1. The maximum atomic E-state index is 11.8. The Balaban J connectivity index is 2.79. The van der Waals surface area contributed by atoms with Crippen molar-refractivity contribution in [3.05, 3.63) is 23.8 Å². The van der Waals surface area contributed by atoms with Crippen molar-refractivity contribution in [1.82, 2.24) is 0 Å². The molecule has 0 aromatic heterocycles. The van der Waals surface area contributed by atoms with E-state index in [9.17, 15) is 4.79 Å². The van der Waals surface area contributed by atoms with Gasteiger partial charge in [0.05, 0.1) is 6.04 Å². The Labute approximate surface area is 109 Å². The first kappa shape index (κ1) is 14.5. The molecule has 1 aromatic rings. The Morgan fingerprint density at radius 3 is 2.67 bits per heavy atom. The molecule has 0 heterocycles. The number of amides is 1. The van der Waals surface area contributed by atoms with Gasteiger partial charge in [-0.2, -0.15) is 0 Å². The van der Waals surface area contributed by atoms with Crippen molar-refractivity contribution in [2.75, 3.05) is 24.3 Å². The van der Waals surface area contributed by atoms with Crippen LogP contribution in [0.3, 0.4) is 0 Å². The fourth-order valence-corrected chi connectivity index (χ4v) is 1.85. The minimum absolute atomic E-state index is 0.120. The summed E-state index contributed by atoms with van der Waals surface area (Å²) in [6, 6.07) is 5.43. The molecule has 0 bridgehead atoms. The van der Waals surface area contributed by atoms with Gasteiger partial charge < -0.3 is 16.0 Å². The second kappa shape index (κ2) is 6.40. The Morgan fingerprint density at radius 2 is 2.11 bits per heavy atom. The highest BCUT2D eigenvalue weighted by atomic mass is 16.2. The molecule has 4 nitrogen and oxygen atoms in total. The number of nitrogens with two attached hydrogens (primary N) is 1. The molecule has 0 aliphatic rings. The smallest absolute Gasteiger partial charge is 0.241 e. The molecule has 18 heavy (non-hydrogen) atoms. The van der Waals surface area contributed by atoms with E-state index in [1.165, 1.54) is 5.56 Å². The van der Waals surface area contributed by atoms with Crippen LogP contribution in [0.4, 0.5) is 11.4 Å². The van der Waals surface area contributed by atoms with Crippen molar-refractivity contribution >= 4 is 17.3 Å². The Bertz CT molecular complexity index is 416. The highest BCUT2D eigenvalue weighted by Crippen LogP contribution is 2.22. The van der Waals surface area contributed by atoms with Gasteiger partial charge in [-0.1, -0.05) is 19.4 Å². The number of rotatable bonds is 5. The summed E-state index contributed by atoms with van der Waals surface area (Å²) in [5.74, 6) is -0.120. The molecule has 4 heteroatoms. The summed E-state index contributed by atoms with van der Waals surface area (Å²) in [4.78, 5) is 13.8. The maximum Gasteiger partial charge on any atom is 0.241 e. The van der Waals surface area contributed by atoms with Gasteiger partial charge >= 0.3 is 0 Å². The van der Waals surface area contributed by atoms with E-state index >= 15 is 0 Å². The summed E-state index contributed by atoms with van der Waals surface area (Å²) >= 11 is 0. The fraction of sp³-hybridized carbons (Fsp3) is 0.500. The van der Waals surface area contributed by atoms with E-state index in [2.05, 4.69) is 5.32 Å². The van der Waals surface area contributed by atoms with Crippen LogP contribution in [0, 0.1) is 6.92 Å². The average Bonchev–Trinajstić information content (AvgIpc) is 2.31. The van der Waals surface area contributed by atoms with E-state index in [1.807, 2.05) is 51.0 Å². The third-order valence-electron chi connectivity index (χ3n) is 2.89. The molecule has 0 spiro atoms. The molecule has 0 saturated heterocycles. The van der Waals surface area contributed by atoms with Gasteiger partial charge in [0, 0.05) is 25.5 Å². The van der Waals surface area contributed by atoms with Gasteiger partial charge in [-0.3, -0.25) is 4.79 Å². The van der Waals surface area contributed by atoms with Crippen molar-refractivity contribution in [2.24, 2.45) is 5.73 Å². The second-order valence-electron chi connectivity index (χ2n) is 4.78. The third kappa shape index (κ3) is 3.74. The van der Waals surface area contributed by atoms with Crippen molar-refractivity contribution in [3.8, 4) is 0 Å². The molecule has 0 aliphatic carbocycles. The van der Waals surface area contributed by atoms with Crippen LogP contribution in [-0.2, 0) is 4.79 Å². The fourth-order valence-electron chi connectivity index (χ4n) is 1.85. The van der Waals surface area contributed by atoms with Crippen molar-refractivity contribution in [3.63, 3.8) is 0 Å². The van der Waals surface area contributed by atoms with Gasteiger partial charge in [0.25, 0.3) is 0 Å². The summed E-state index contributed by atoms with van der Waals surface area (Å²) in [6.45, 7) is 4.06. The summed E-state index contributed by atoms with van der Waals surface area (Å²) in [5, 5.41) is 2.86. The molecule has 1 amide bonds. The van der Waals surface area contributed by atoms with Crippen LogP contribution in [0.25, 0.3) is 0 Å². The number of anilines is 2. The molecule has 0 radical (unpaired) electrons. The predicted molar refractivity (Wildman–Crippen MR) is 77.0 cm³/mol. The van der Waals surface area contributed by atoms with Gasteiger partial charge in [0.15, 0.2) is 0 Å². The zero-order valence-corrected chi connectivity index (χ0v) is 11.7. The number of carbonyl (C=O) groups excluding carboxylic acids is 1. The van der Waals surface area contributed by atoms with Crippen LogP contribution >= 0.6 is 0 Å². The lowest BCUT2D eigenvalue weighted by Gasteiger charge is -2.18. The molecule has 3 N–H and O–H groups in total. The number of nitrogens with zero attached hydrogens (tertiary/aromatic N) is 1. The summed E-state index contributed by atoms with van der Waals surface area (Å²) in [7, 11) is 3.97. The third-order valence-corrected chi connectivity index (χ3v) is 2.89. The molecule has 0 fully saturated rings. The van der Waals surface area contributed by atoms with Crippen molar-refractivity contribution in [2.45, 2.75) is 32.7 Å². The Kier molecular flexibility index (Phi) is 5.16. The van der Waals surface area contributed by atoms with Crippen LogP contribution in [0.5, 0.6) is 0 Å². The highest BCUT2D eigenvalue weighted by Gasteiger charge is 2.13. The maximum absolute atomic E-state index is 11.8. The van der Waals surface area contributed by atoms with Gasteiger partial charge in [0.2, 0.25) is 5.91 Å².